The zero-order valence-electron chi connectivity index (χ0n) is 22.0. The Balaban J connectivity index is 1.63. The summed E-state index contributed by atoms with van der Waals surface area (Å²) in [5.41, 5.74) is 3.15. The number of nitrogens with one attached hydrogen (secondary N) is 2. The molecule has 0 saturated carbocycles. The molecule has 0 radical (unpaired) electrons. The Bertz CT molecular complexity index is 1390. The van der Waals surface area contributed by atoms with Crippen molar-refractivity contribution in [2.24, 2.45) is 13.0 Å². The van der Waals surface area contributed by atoms with E-state index in [2.05, 4.69) is 35.1 Å². The molecule has 0 unspecified atom stereocenters. The zero-order chi connectivity index (χ0) is 26.0. The highest BCUT2D eigenvalue weighted by Gasteiger charge is 2.26. The number of rotatable bonds is 7. The lowest BCUT2D eigenvalue weighted by molar-refractivity contribution is -0.118. The molecular formula is C29H36N4O3. The third kappa shape index (κ3) is 5.73. The highest BCUT2D eigenvalue weighted by Crippen LogP contribution is 2.26. The fourth-order valence-corrected chi connectivity index (χ4v) is 4.57. The molecule has 0 spiro atoms. The summed E-state index contributed by atoms with van der Waals surface area (Å²) in [5, 5.41) is 7.89. The van der Waals surface area contributed by atoms with Gasteiger partial charge in [0.1, 0.15) is 11.6 Å². The average Bonchev–Trinajstić information content (AvgIpc) is 3.33. The van der Waals surface area contributed by atoms with E-state index in [9.17, 15) is 9.59 Å². The van der Waals surface area contributed by atoms with Gasteiger partial charge in [0.25, 0.3) is 0 Å². The first-order valence-corrected chi connectivity index (χ1v) is 12.4. The Labute approximate surface area is 212 Å². The highest BCUT2D eigenvalue weighted by molar-refractivity contribution is 6.04. The lowest BCUT2D eigenvalue weighted by Gasteiger charge is -2.23. The Hall–Kier alpha value is -3.74. The second-order valence-corrected chi connectivity index (χ2v) is 10.8. The molecule has 0 aliphatic heterocycles. The molecule has 0 aliphatic carbocycles. The molecule has 7 nitrogen and oxygen atoms in total. The van der Waals surface area contributed by atoms with Crippen LogP contribution in [0, 0.1) is 5.92 Å². The number of fused-ring (bicyclic) bond motifs is 2. The molecule has 0 saturated heterocycles. The summed E-state index contributed by atoms with van der Waals surface area (Å²) < 4.78 is 9.70. The number of ether oxygens (including phenoxy) is 1. The molecule has 7 heteroatoms. The van der Waals surface area contributed by atoms with Crippen LogP contribution in [0.2, 0.25) is 0 Å². The second kappa shape index (κ2) is 10.1. The van der Waals surface area contributed by atoms with E-state index < -0.39 is 17.7 Å². The first kappa shape index (κ1) is 25.4. The molecule has 0 aliphatic rings. The van der Waals surface area contributed by atoms with Crippen LogP contribution in [0.25, 0.3) is 21.8 Å². The Kier molecular flexibility index (Phi) is 7.11. The second-order valence-electron chi connectivity index (χ2n) is 10.8. The Morgan fingerprint density at radius 3 is 2.42 bits per heavy atom. The summed E-state index contributed by atoms with van der Waals surface area (Å²) in [7, 11) is 1.98. The normalized spacial score (nSPS) is 12.8. The van der Waals surface area contributed by atoms with E-state index in [1.165, 1.54) is 0 Å². The first-order chi connectivity index (χ1) is 17.0. The van der Waals surface area contributed by atoms with Gasteiger partial charge in [-0.3, -0.25) is 4.79 Å². The van der Waals surface area contributed by atoms with Gasteiger partial charge >= 0.3 is 6.09 Å². The van der Waals surface area contributed by atoms with Crippen molar-refractivity contribution in [1.82, 2.24) is 14.5 Å². The molecule has 1 atom stereocenters. The van der Waals surface area contributed by atoms with Crippen LogP contribution in [-0.4, -0.2) is 32.8 Å². The summed E-state index contributed by atoms with van der Waals surface area (Å²) >= 11 is 0. The van der Waals surface area contributed by atoms with E-state index in [0.717, 1.165) is 33.9 Å². The van der Waals surface area contributed by atoms with Gasteiger partial charge in [-0.15, -0.1) is 0 Å². The van der Waals surface area contributed by atoms with Gasteiger partial charge in [0.2, 0.25) is 5.91 Å². The number of nitrogens with zero attached hydrogens (tertiary/aromatic N) is 2. The van der Waals surface area contributed by atoms with Gasteiger partial charge in [0, 0.05) is 48.7 Å². The highest BCUT2D eigenvalue weighted by atomic mass is 16.6. The number of aryl methyl sites for hydroxylation is 1. The summed E-state index contributed by atoms with van der Waals surface area (Å²) in [4.78, 5) is 26.3. The van der Waals surface area contributed by atoms with Crippen LogP contribution in [0.1, 0.15) is 40.2 Å². The van der Waals surface area contributed by atoms with Crippen molar-refractivity contribution >= 4 is 39.5 Å². The maximum Gasteiger partial charge on any atom is 0.408 e. The van der Waals surface area contributed by atoms with Gasteiger partial charge in [-0.2, -0.15) is 0 Å². The monoisotopic (exact) mass is 488 g/mol. The number of aromatic nitrogens is 2. The molecule has 2 amide bonds. The molecular weight excluding hydrogens is 452 g/mol. The van der Waals surface area contributed by atoms with E-state index in [1.54, 1.807) is 20.8 Å². The molecule has 0 bridgehead atoms. The van der Waals surface area contributed by atoms with Gasteiger partial charge in [-0.05, 0) is 56.5 Å². The smallest absolute Gasteiger partial charge is 0.408 e. The van der Waals surface area contributed by atoms with E-state index in [4.69, 9.17) is 4.74 Å². The minimum atomic E-state index is -0.821. The number of alkyl carbamates (subject to hydrolysis) is 1. The van der Waals surface area contributed by atoms with Gasteiger partial charge in [-0.1, -0.05) is 38.1 Å². The van der Waals surface area contributed by atoms with Crippen molar-refractivity contribution in [1.29, 1.82) is 0 Å². The van der Waals surface area contributed by atoms with Gasteiger partial charge in [0.05, 0.1) is 11.2 Å². The number of hydrogen-bond donors (Lipinski definition) is 2. The summed E-state index contributed by atoms with van der Waals surface area (Å²) in [6.45, 7) is 10.7. The summed E-state index contributed by atoms with van der Waals surface area (Å²) in [6.07, 6.45) is 3.77. The molecule has 0 fully saturated rings. The predicted molar refractivity (Wildman–Crippen MR) is 145 cm³/mol. The minimum Gasteiger partial charge on any atom is -0.444 e. The Morgan fingerprint density at radius 1 is 0.972 bits per heavy atom. The number of amides is 2. The van der Waals surface area contributed by atoms with Crippen molar-refractivity contribution in [2.45, 2.75) is 59.2 Å². The molecule has 2 heterocycles. The lowest BCUT2D eigenvalue weighted by Crippen LogP contribution is -2.47. The fourth-order valence-electron chi connectivity index (χ4n) is 4.57. The Morgan fingerprint density at radius 2 is 1.69 bits per heavy atom. The van der Waals surface area contributed by atoms with Crippen LogP contribution < -0.4 is 10.6 Å². The van der Waals surface area contributed by atoms with Crippen LogP contribution in [0.5, 0.6) is 0 Å². The standard InChI is InChI=1S/C29H36N4O3/c1-19(2)17-33-15-14-22-23(11-9-13-26(22)33)30-27(34)24(31-28(35)36-29(3,4)5)16-20-18-32(6)25-12-8-7-10-21(20)25/h7-15,18-19,24H,16-17H2,1-6H3,(H,30,34)(H,31,35)/t24-/m1/s1. The third-order valence-electron chi connectivity index (χ3n) is 6.04. The van der Waals surface area contributed by atoms with Gasteiger partial charge < -0.3 is 24.5 Å². The SMILES string of the molecule is CC(C)Cn1ccc2c(NC(=O)[C@@H](Cc3cn(C)c4ccccc34)NC(=O)OC(C)(C)C)cccc21. The molecule has 2 aromatic carbocycles. The van der Waals surface area contributed by atoms with E-state index in [0.29, 0.717) is 18.0 Å². The average molecular weight is 489 g/mol. The molecule has 4 rings (SSSR count). The zero-order valence-corrected chi connectivity index (χ0v) is 22.0. The van der Waals surface area contributed by atoms with Crippen molar-refractivity contribution in [3.05, 3.63) is 66.5 Å². The molecule has 36 heavy (non-hydrogen) atoms. The van der Waals surface area contributed by atoms with E-state index in [1.807, 2.05) is 66.5 Å². The molecule has 2 N–H and O–H groups in total. The summed E-state index contributed by atoms with van der Waals surface area (Å²) in [6, 6.07) is 15.1. The van der Waals surface area contributed by atoms with E-state index >= 15 is 0 Å². The van der Waals surface area contributed by atoms with Crippen LogP contribution in [0.15, 0.2) is 60.9 Å². The number of hydrogen-bond acceptors (Lipinski definition) is 3. The van der Waals surface area contributed by atoms with Crippen molar-refractivity contribution < 1.29 is 14.3 Å². The number of carbonyl (C=O) groups is 2. The van der Waals surface area contributed by atoms with Crippen LogP contribution >= 0.6 is 0 Å². The number of benzene rings is 2. The van der Waals surface area contributed by atoms with Crippen LogP contribution in [0.4, 0.5) is 10.5 Å². The minimum absolute atomic E-state index is 0.294. The fraction of sp³-hybridized carbons (Fsp3) is 0.379. The number of para-hydroxylation sites is 1. The van der Waals surface area contributed by atoms with Crippen molar-refractivity contribution in [3.8, 4) is 0 Å². The van der Waals surface area contributed by atoms with Crippen LogP contribution in [-0.2, 0) is 29.5 Å². The first-order valence-electron chi connectivity index (χ1n) is 12.4. The predicted octanol–water partition coefficient (Wildman–Crippen LogP) is 5.86. The van der Waals surface area contributed by atoms with Crippen molar-refractivity contribution in [3.63, 3.8) is 0 Å². The maximum atomic E-state index is 13.6. The summed E-state index contributed by atoms with van der Waals surface area (Å²) in [5.74, 6) is 0.208. The topological polar surface area (TPSA) is 77.3 Å². The number of carbonyl (C=O) groups excluding carboxylic acids is 2. The maximum absolute atomic E-state index is 13.6. The molecule has 2 aromatic heterocycles. The van der Waals surface area contributed by atoms with Gasteiger partial charge in [0.15, 0.2) is 0 Å². The van der Waals surface area contributed by atoms with Crippen LogP contribution in [0.3, 0.4) is 0 Å². The van der Waals surface area contributed by atoms with Crippen molar-refractivity contribution in [2.75, 3.05) is 5.32 Å². The molecule has 4 aromatic rings. The molecule has 190 valence electrons. The van der Waals surface area contributed by atoms with E-state index in [-0.39, 0.29) is 5.91 Å². The largest absolute Gasteiger partial charge is 0.444 e. The quantitative estimate of drug-likeness (QED) is 0.342. The third-order valence-corrected chi connectivity index (χ3v) is 6.04. The number of anilines is 1. The van der Waals surface area contributed by atoms with Gasteiger partial charge in [-0.25, -0.2) is 4.79 Å². The lowest BCUT2D eigenvalue weighted by atomic mass is 10.0.